The number of amides is 2. The number of aromatic hydroxyl groups is 1. The van der Waals surface area contributed by atoms with E-state index in [1.54, 1.807) is 18.2 Å². The molecule has 0 bridgehead atoms. The third-order valence-electron chi connectivity index (χ3n) is 4.68. The van der Waals surface area contributed by atoms with E-state index < -0.39 is 29.1 Å². The lowest BCUT2D eigenvalue weighted by Gasteiger charge is -2.13. The number of fused-ring (bicyclic) bond motifs is 1. The number of phenols is 1. The van der Waals surface area contributed by atoms with Crippen LogP contribution in [0.3, 0.4) is 0 Å². The topological polar surface area (TPSA) is 149 Å². The molecule has 5 N–H and O–H groups in total. The predicted molar refractivity (Wildman–Crippen MR) is 112 cm³/mol. The Morgan fingerprint density at radius 2 is 1.72 bits per heavy atom. The minimum atomic E-state index is -1.46. The minimum Gasteiger partial charge on any atom is -0.505 e. The van der Waals surface area contributed by atoms with E-state index in [2.05, 4.69) is 15.8 Å². The van der Waals surface area contributed by atoms with Gasteiger partial charge in [0.25, 0.3) is 5.91 Å². The van der Waals surface area contributed by atoms with E-state index in [0.29, 0.717) is 12.0 Å². The first kappa shape index (κ1) is 22.6. The number of nitrogens with zero attached hydrogens (tertiary/aromatic N) is 1. The number of rotatable bonds is 7. The fraction of sp³-hybridized carbons (Fsp3) is 0.182. The van der Waals surface area contributed by atoms with Crippen molar-refractivity contribution in [3.63, 3.8) is 0 Å². The number of aromatic carboxylic acids is 1. The lowest BCUT2D eigenvalue weighted by atomic mass is 9.99. The molecule has 2 aromatic carbocycles. The zero-order valence-electron chi connectivity index (χ0n) is 16.8. The number of benzene rings is 2. The third kappa shape index (κ3) is 5.16. The zero-order chi connectivity index (χ0) is 23.3. The minimum absolute atomic E-state index is 0.0170. The smallest absolute Gasteiger partial charge is 0.339 e. The number of aromatic nitrogens is 1. The molecule has 0 radical (unpaired) electrons. The molecule has 2 amide bonds. The molecule has 1 heterocycles. The van der Waals surface area contributed by atoms with E-state index in [0.717, 1.165) is 11.6 Å². The van der Waals surface area contributed by atoms with Crippen molar-refractivity contribution in [1.82, 2.24) is 15.8 Å². The molecule has 166 valence electrons. The van der Waals surface area contributed by atoms with Crippen LogP contribution in [0.1, 0.15) is 44.7 Å². The van der Waals surface area contributed by atoms with E-state index in [1.807, 2.05) is 0 Å². The predicted octanol–water partition coefficient (Wildman–Crippen LogP) is 1.90. The molecule has 32 heavy (non-hydrogen) atoms. The summed E-state index contributed by atoms with van der Waals surface area (Å²) in [4.78, 5) is 40.1. The number of pyridine rings is 1. The van der Waals surface area contributed by atoms with E-state index in [4.69, 9.17) is 5.11 Å². The second kappa shape index (κ2) is 9.84. The summed E-state index contributed by atoms with van der Waals surface area (Å²) in [6, 6.07) is 8.39. The van der Waals surface area contributed by atoms with E-state index in [-0.39, 0.29) is 41.7 Å². The van der Waals surface area contributed by atoms with Crippen LogP contribution in [0.4, 0.5) is 4.39 Å². The van der Waals surface area contributed by atoms with Crippen molar-refractivity contribution in [3.8, 4) is 5.75 Å². The highest BCUT2D eigenvalue weighted by Gasteiger charge is 2.22. The van der Waals surface area contributed by atoms with Gasteiger partial charge in [-0.05, 0) is 48.2 Å². The molecule has 1 aromatic heterocycles. The Hall–Kier alpha value is -4.05. The molecule has 0 aliphatic heterocycles. The number of nitrogens with one attached hydrogen (secondary N) is 2. The largest absolute Gasteiger partial charge is 0.505 e. The number of aliphatic hydroxyl groups excluding tert-OH is 1. The van der Waals surface area contributed by atoms with Crippen LogP contribution < -0.4 is 10.9 Å². The summed E-state index contributed by atoms with van der Waals surface area (Å²) < 4.78 is 13.1. The molecule has 3 rings (SSSR count). The van der Waals surface area contributed by atoms with Crippen molar-refractivity contribution in [2.75, 3.05) is 6.61 Å². The van der Waals surface area contributed by atoms with Crippen LogP contribution >= 0.6 is 0 Å². The highest BCUT2D eigenvalue weighted by Crippen LogP contribution is 2.31. The molecule has 0 atom stereocenters. The number of carboxylic acid groups (broad SMARTS) is 1. The van der Waals surface area contributed by atoms with Gasteiger partial charge in [-0.15, -0.1) is 0 Å². The van der Waals surface area contributed by atoms with Gasteiger partial charge in [0.2, 0.25) is 5.91 Å². The maximum atomic E-state index is 13.1. The summed E-state index contributed by atoms with van der Waals surface area (Å²) in [5, 5.41) is 28.7. The van der Waals surface area contributed by atoms with E-state index >= 15 is 0 Å². The lowest BCUT2D eigenvalue weighted by molar-refractivity contribution is -0.122. The van der Waals surface area contributed by atoms with Crippen LogP contribution in [0.2, 0.25) is 0 Å². The van der Waals surface area contributed by atoms with Gasteiger partial charge < -0.3 is 15.3 Å². The Bertz CT molecular complexity index is 1180. The van der Waals surface area contributed by atoms with Crippen molar-refractivity contribution in [3.05, 3.63) is 70.7 Å². The van der Waals surface area contributed by atoms with Crippen LogP contribution in [-0.4, -0.2) is 44.7 Å². The maximum Gasteiger partial charge on any atom is 0.339 e. The van der Waals surface area contributed by atoms with Gasteiger partial charge in [0.15, 0.2) is 5.75 Å². The molecule has 9 nitrogen and oxygen atoms in total. The fourth-order valence-corrected chi connectivity index (χ4v) is 3.10. The summed E-state index contributed by atoms with van der Waals surface area (Å²) in [6.07, 6.45) is 1.97. The number of hydrogen-bond acceptors (Lipinski definition) is 6. The molecule has 0 aliphatic carbocycles. The summed E-state index contributed by atoms with van der Waals surface area (Å²) in [5.74, 6) is -3.77. The van der Waals surface area contributed by atoms with Gasteiger partial charge in [-0.3, -0.25) is 25.4 Å². The average Bonchev–Trinajstić information content (AvgIpc) is 2.77. The first-order valence-electron chi connectivity index (χ1n) is 9.62. The normalized spacial score (nSPS) is 10.7. The van der Waals surface area contributed by atoms with Crippen LogP contribution in [0.5, 0.6) is 5.75 Å². The molecule has 0 fully saturated rings. The van der Waals surface area contributed by atoms with Crippen molar-refractivity contribution in [2.24, 2.45) is 0 Å². The molecule has 3 aromatic rings. The SMILES string of the molecule is O=C(CCCO)NNC(=O)c1cc(C(=O)O)c(O)c2ncc(Cc3ccc(F)cc3)cc12. The molecule has 0 saturated heterocycles. The van der Waals surface area contributed by atoms with Crippen molar-refractivity contribution >= 4 is 28.7 Å². The Morgan fingerprint density at radius 1 is 1.00 bits per heavy atom. The summed E-state index contributed by atoms with van der Waals surface area (Å²) in [5.41, 5.74) is 5.06. The summed E-state index contributed by atoms with van der Waals surface area (Å²) >= 11 is 0. The maximum absolute atomic E-state index is 13.1. The number of aliphatic hydroxyl groups is 1. The lowest BCUT2D eigenvalue weighted by Crippen LogP contribution is -2.41. The fourth-order valence-electron chi connectivity index (χ4n) is 3.10. The number of carbonyl (C=O) groups excluding carboxylic acids is 2. The first-order chi connectivity index (χ1) is 15.3. The van der Waals surface area contributed by atoms with Crippen LogP contribution in [0.15, 0.2) is 42.6 Å². The van der Waals surface area contributed by atoms with Crippen LogP contribution in [0.25, 0.3) is 10.9 Å². The van der Waals surface area contributed by atoms with Gasteiger partial charge >= 0.3 is 5.97 Å². The number of hydrazine groups is 1. The van der Waals surface area contributed by atoms with Crippen molar-refractivity contribution < 1.29 is 34.1 Å². The van der Waals surface area contributed by atoms with Gasteiger partial charge in [-0.1, -0.05) is 12.1 Å². The zero-order valence-corrected chi connectivity index (χ0v) is 16.8. The molecular formula is C22H20FN3O6. The molecule has 0 spiro atoms. The third-order valence-corrected chi connectivity index (χ3v) is 4.68. The molecule has 10 heteroatoms. The van der Waals surface area contributed by atoms with Gasteiger partial charge in [0.1, 0.15) is 16.9 Å². The van der Waals surface area contributed by atoms with E-state index in [9.17, 15) is 29.0 Å². The number of carboxylic acids is 1. The van der Waals surface area contributed by atoms with E-state index in [1.165, 1.54) is 18.3 Å². The molecule has 0 saturated carbocycles. The Morgan fingerprint density at radius 3 is 2.38 bits per heavy atom. The van der Waals surface area contributed by atoms with Crippen LogP contribution in [-0.2, 0) is 11.2 Å². The molecule has 0 aliphatic rings. The van der Waals surface area contributed by atoms with Gasteiger partial charge in [-0.25, -0.2) is 9.18 Å². The molecule has 0 unspecified atom stereocenters. The second-order valence-corrected chi connectivity index (χ2v) is 7.00. The number of halogens is 1. The Kier molecular flexibility index (Phi) is 6.96. The first-order valence-corrected chi connectivity index (χ1v) is 9.62. The van der Waals surface area contributed by atoms with Gasteiger partial charge in [0, 0.05) is 24.6 Å². The average molecular weight is 441 g/mol. The van der Waals surface area contributed by atoms with Crippen LogP contribution in [0, 0.1) is 5.82 Å². The standard InChI is InChI=1S/C22H20FN3O6/c23-14-5-3-12(4-6-14)8-13-9-15-16(21(30)26-25-18(28)2-1-7-27)10-17(22(31)32)20(29)19(15)24-11-13/h3-6,9-11,27,29H,1-2,7-8H2,(H,25,28)(H,26,30)(H,31,32). The molecular weight excluding hydrogens is 421 g/mol. The quantitative estimate of drug-likeness (QED) is 0.352. The highest BCUT2D eigenvalue weighted by molar-refractivity contribution is 6.11. The van der Waals surface area contributed by atoms with Gasteiger partial charge in [0.05, 0.1) is 5.56 Å². The summed E-state index contributed by atoms with van der Waals surface area (Å²) in [6.45, 7) is -0.186. The monoisotopic (exact) mass is 441 g/mol. The number of carbonyl (C=O) groups is 3. The Balaban J connectivity index is 1.98. The van der Waals surface area contributed by atoms with Gasteiger partial charge in [-0.2, -0.15) is 0 Å². The number of hydrogen-bond donors (Lipinski definition) is 5. The van der Waals surface area contributed by atoms with Crippen molar-refractivity contribution in [1.29, 1.82) is 0 Å². The highest BCUT2D eigenvalue weighted by atomic mass is 19.1. The van der Waals surface area contributed by atoms with Crippen molar-refractivity contribution in [2.45, 2.75) is 19.3 Å². The second-order valence-electron chi connectivity index (χ2n) is 7.00. The summed E-state index contributed by atoms with van der Waals surface area (Å²) in [7, 11) is 0. The Labute approximate surface area is 181 Å².